The van der Waals surface area contributed by atoms with E-state index in [0.717, 1.165) is 8.95 Å². The van der Waals surface area contributed by atoms with Crippen LogP contribution in [0.15, 0.2) is 39.8 Å². The second-order valence-corrected chi connectivity index (χ2v) is 4.61. The summed E-state index contributed by atoms with van der Waals surface area (Å²) >= 11 is 6.65. The molecule has 3 nitrogen and oxygen atoms in total. The maximum Gasteiger partial charge on any atom is 0.344 e. The number of esters is 1. The molecule has 1 aromatic rings. The Bertz CT molecular complexity index is 391. The Hall–Kier alpha value is -0.810. The molecule has 0 unspecified atom stereocenters. The first kappa shape index (κ1) is 13.3. The van der Waals surface area contributed by atoms with E-state index in [1.165, 1.54) is 6.08 Å². The number of halogens is 2. The Morgan fingerprint density at radius 3 is 2.81 bits per heavy atom. The monoisotopic (exact) mass is 348 g/mol. The third kappa shape index (κ3) is 4.37. The quantitative estimate of drug-likeness (QED) is 0.604. The molecule has 16 heavy (non-hydrogen) atoms. The molecule has 0 aromatic heterocycles. The summed E-state index contributed by atoms with van der Waals surface area (Å²) in [5.74, 6) is 0.175. The van der Waals surface area contributed by atoms with Crippen LogP contribution in [0.25, 0.3) is 0 Å². The number of carbonyl (C=O) groups excluding carboxylic acids is 1. The lowest BCUT2D eigenvalue weighted by Crippen LogP contribution is -2.14. The van der Waals surface area contributed by atoms with Crippen molar-refractivity contribution in [1.82, 2.24) is 0 Å². The number of rotatable bonds is 5. The van der Waals surface area contributed by atoms with E-state index < -0.39 is 5.97 Å². The van der Waals surface area contributed by atoms with Crippen LogP contribution in [-0.2, 0) is 9.53 Å². The van der Waals surface area contributed by atoms with E-state index in [4.69, 9.17) is 9.47 Å². The molecule has 0 N–H and O–H groups in total. The summed E-state index contributed by atoms with van der Waals surface area (Å²) in [6.07, 6.45) is 1.51. The van der Waals surface area contributed by atoms with Crippen molar-refractivity contribution >= 4 is 37.8 Å². The molecule has 0 aliphatic carbocycles. The molecular formula is C11H10Br2O3. The van der Waals surface area contributed by atoms with E-state index in [0.29, 0.717) is 5.75 Å². The van der Waals surface area contributed by atoms with Gasteiger partial charge >= 0.3 is 5.97 Å². The van der Waals surface area contributed by atoms with Crippen LogP contribution in [0.2, 0.25) is 0 Å². The zero-order valence-corrected chi connectivity index (χ0v) is 11.6. The lowest BCUT2D eigenvalue weighted by Gasteiger charge is -2.07. The minimum Gasteiger partial charge on any atom is -0.481 e. The minimum atomic E-state index is -0.422. The molecule has 1 aromatic carbocycles. The van der Waals surface area contributed by atoms with Crippen LogP contribution in [-0.4, -0.2) is 19.2 Å². The van der Waals surface area contributed by atoms with Crippen LogP contribution in [0.4, 0.5) is 0 Å². The molecule has 86 valence electrons. The van der Waals surface area contributed by atoms with E-state index in [1.807, 2.05) is 12.1 Å². The summed E-state index contributed by atoms with van der Waals surface area (Å²) in [5, 5.41) is 0. The van der Waals surface area contributed by atoms with Gasteiger partial charge < -0.3 is 9.47 Å². The van der Waals surface area contributed by atoms with Crippen LogP contribution in [0.3, 0.4) is 0 Å². The first-order chi connectivity index (χ1) is 7.63. The fraction of sp³-hybridized carbons (Fsp3) is 0.182. The van der Waals surface area contributed by atoms with Gasteiger partial charge in [-0.3, -0.25) is 0 Å². The third-order valence-electron chi connectivity index (χ3n) is 1.60. The number of ether oxygens (including phenoxy) is 2. The van der Waals surface area contributed by atoms with Gasteiger partial charge in [0, 0.05) is 4.47 Å². The molecular weight excluding hydrogens is 340 g/mol. The standard InChI is InChI=1S/C11H10Br2O3/c1-2-5-15-11(14)7-16-10-4-3-8(12)6-9(10)13/h2-4,6H,1,5,7H2. The van der Waals surface area contributed by atoms with E-state index in [1.54, 1.807) is 6.07 Å². The first-order valence-corrected chi connectivity index (χ1v) is 6.06. The predicted octanol–water partition coefficient (Wildman–Crippen LogP) is 3.32. The van der Waals surface area contributed by atoms with E-state index in [2.05, 4.69) is 38.4 Å². The van der Waals surface area contributed by atoms with Crippen molar-refractivity contribution in [1.29, 1.82) is 0 Å². The number of hydrogen-bond donors (Lipinski definition) is 0. The van der Waals surface area contributed by atoms with Gasteiger partial charge in [-0.25, -0.2) is 4.79 Å². The Morgan fingerprint density at radius 1 is 1.44 bits per heavy atom. The van der Waals surface area contributed by atoms with E-state index in [-0.39, 0.29) is 13.2 Å². The predicted molar refractivity (Wildman–Crippen MR) is 68.5 cm³/mol. The van der Waals surface area contributed by atoms with Crippen molar-refractivity contribution in [3.8, 4) is 5.75 Å². The van der Waals surface area contributed by atoms with Gasteiger partial charge in [0.15, 0.2) is 6.61 Å². The number of benzene rings is 1. The lowest BCUT2D eigenvalue weighted by atomic mass is 10.3. The second-order valence-electron chi connectivity index (χ2n) is 2.84. The zero-order valence-electron chi connectivity index (χ0n) is 8.41. The highest BCUT2D eigenvalue weighted by Gasteiger charge is 2.06. The molecule has 1 rings (SSSR count). The molecule has 0 saturated heterocycles. The minimum absolute atomic E-state index is 0.117. The van der Waals surface area contributed by atoms with Crippen LogP contribution < -0.4 is 4.74 Å². The fourth-order valence-corrected chi connectivity index (χ4v) is 2.08. The highest BCUT2D eigenvalue weighted by Crippen LogP contribution is 2.28. The van der Waals surface area contributed by atoms with Crippen molar-refractivity contribution in [2.45, 2.75) is 0 Å². The van der Waals surface area contributed by atoms with Crippen molar-refractivity contribution in [3.63, 3.8) is 0 Å². The lowest BCUT2D eigenvalue weighted by molar-refractivity contribution is -0.144. The average Bonchev–Trinajstić information content (AvgIpc) is 2.25. The maximum absolute atomic E-state index is 11.1. The Labute approximate surface area is 111 Å². The highest BCUT2D eigenvalue weighted by atomic mass is 79.9. The molecule has 0 bridgehead atoms. The smallest absolute Gasteiger partial charge is 0.344 e. The molecule has 0 aliphatic heterocycles. The van der Waals surface area contributed by atoms with Gasteiger partial charge in [0.05, 0.1) is 4.47 Å². The molecule has 0 aliphatic rings. The van der Waals surface area contributed by atoms with Gasteiger partial charge in [0.25, 0.3) is 0 Å². The van der Waals surface area contributed by atoms with Crippen LogP contribution >= 0.6 is 31.9 Å². The van der Waals surface area contributed by atoms with Crippen molar-refractivity contribution < 1.29 is 14.3 Å². The third-order valence-corrected chi connectivity index (χ3v) is 2.71. The normalized spacial score (nSPS) is 9.62. The highest BCUT2D eigenvalue weighted by molar-refractivity contribution is 9.11. The number of carbonyl (C=O) groups is 1. The zero-order chi connectivity index (χ0) is 12.0. The first-order valence-electron chi connectivity index (χ1n) is 4.48. The fourth-order valence-electron chi connectivity index (χ4n) is 0.922. The molecule has 0 amide bonds. The van der Waals surface area contributed by atoms with Gasteiger partial charge in [-0.15, -0.1) is 0 Å². The van der Waals surface area contributed by atoms with Crippen molar-refractivity contribution in [2.24, 2.45) is 0 Å². The molecule has 0 atom stereocenters. The largest absolute Gasteiger partial charge is 0.481 e. The maximum atomic E-state index is 11.1. The van der Waals surface area contributed by atoms with Crippen molar-refractivity contribution in [3.05, 3.63) is 39.8 Å². The van der Waals surface area contributed by atoms with Gasteiger partial charge in [-0.05, 0) is 34.1 Å². The second kappa shape index (κ2) is 6.70. The van der Waals surface area contributed by atoms with Crippen LogP contribution in [0.5, 0.6) is 5.75 Å². The summed E-state index contributed by atoms with van der Waals surface area (Å²) in [6.45, 7) is 3.53. The van der Waals surface area contributed by atoms with E-state index >= 15 is 0 Å². The Kier molecular flexibility index (Phi) is 5.55. The molecule has 0 heterocycles. The summed E-state index contributed by atoms with van der Waals surface area (Å²) in [4.78, 5) is 11.1. The van der Waals surface area contributed by atoms with Crippen LogP contribution in [0.1, 0.15) is 0 Å². The summed E-state index contributed by atoms with van der Waals surface area (Å²) in [6, 6.07) is 5.43. The Balaban J connectivity index is 2.48. The van der Waals surface area contributed by atoms with Crippen LogP contribution in [0, 0.1) is 0 Å². The van der Waals surface area contributed by atoms with Gasteiger partial charge in [-0.2, -0.15) is 0 Å². The summed E-state index contributed by atoms with van der Waals surface area (Å²) < 4.78 is 11.8. The summed E-state index contributed by atoms with van der Waals surface area (Å²) in [5.41, 5.74) is 0. The van der Waals surface area contributed by atoms with Crippen molar-refractivity contribution in [2.75, 3.05) is 13.2 Å². The molecule has 5 heteroatoms. The van der Waals surface area contributed by atoms with Gasteiger partial charge in [-0.1, -0.05) is 28.6 Å². The molecule has 0 spiro atoms. The molecule has 0 fully saturated rings. The topological polar surface area (TPSA) is 35.5 Å². The summed E-state index contributed by atoms with van der Waals surface area (Å²) in [7, 11) is 0. The van der Waals surface area contributed by atoms with Gasteiger partial charge in [0.1, 0.15) is 12.4 Å². The average molecular weight is 350 g/mol. The molecule has 0 radical (unpaired) electrons. The molecule has 0 saturated carbocycles. The Morgan fingerprint density at radius 2 is 2.19 bits per heavy atom. The van der Waals surface area contributed by atoms with E-state index in [9.17, 15) is 4.79 Å². The number of hydrogen-bond acceptors (Lipinski definition) is 3. The van der Waals surface area contributed by atoms with Gasteiger partial charge in [0.2, 0.25) is 0 Å². The SMILES string of the molecule is C=CCOC(=O)COc1ccc(Br)cc1Br.